The third-order valence-electron chi connectivity index (χ3n) is 2.42. The van der Waals surface area contributed by atoms with Crippen molar-refractivity contribution in [2.75, 3.05) is 11.3 Å². The Morgan fingerprint density at radius 2 is 2.05 bits per heavy atom. The fourth-order valence-corrected chi connectivity index (χ4v) is 2.59. The number of halogens is 1. The van der Waals surface area contributed by atoms with Crippen LogP contribution < -0.4 is 4.72 Å². The lowest BCUT2D eigenvalue weighted by Crippen LogP contribution is -2.13. The molecular formula is C12H12ClN3O4S. The van der Waals surface area contributed by atoms with Gasteiger partial charge in [0.15, 0.2) is 10.7 Å². The monoisotopic (exact) mass is 329 g/mol. The molecule has 7 nitrogen and oxygen atoms in total. The largest absolute Gasteiger partial charge is 0.461 e. The number of hydrogen-bond donors (Lipinski definition) is 2. The summed E-state index contributed by atoms with van der Waals surface area (Å²) in [5.41, 5.74) is 0.236. The number of aromatic nitrogens is 2. The number of rotatable bonds is 5. The summed E-state index contributed by atoms with van der Waals surface area (Å²) in [5, 5.41) is 6.16. The molecule has 2 aromatic rings. The van der Waals surface area contributed by atoms with Gasteiger partial charge in [0.2, 0.25) is 0 Å². The molecule has 21 heavy (non-hydrogen) atoms. The molecule has 9 heteroatoms. The van der Waals surface area contributed by atoms with E-state index < -0.39 is 16.0 Å². The molecule has 0 amide bonds. The van der Waals surface area contributed by atoms with Crippen LogP contribution in [0.5, 0.6) is 0 Å². The highest BCUT2D eigenvalue weighted by Crippen LogP contribution is 2.17. The zero-order chi connectivity index (χ0) is 15.5. The predicted octanol–water partition coefficient (Wildman–Crippen LogP) is 2.04. The summed E-state index contributed by atoms with van der Waals surface area (Å²) in [6.07, 6.45) is 0. The highest BCUT2D eigenvalue weighted by Gasteiger charge is 2.20. The van der Waals surface area contributed by atoms with Crippen LogP contribution in [0.3, 0.4) is 0 Å². The van der Waals surface area contributed by atoms with Gasteiger partial charge in [0.1, 0.15) is 0 Å². The Labute approximate surface area is 126 Å². The normalized spacial score (nSPS) is 11.1. The maximum atomic E-state index is 12.1. The van der Waals surface area contributed by atoms with E-state index in [1.165, 1.54) is 12.1 Å². The van der Waals surface area contributed by atoms with Crippen molar-refractivity contribution < 1.29 is 17.9 Å². The number of anilines is 1. The van der Waals surface area contributed by atoms with Gasteiger partial charge in [-0.3, -0.25) is 9.82 Å². The first-order valence-electron chi connectivity index (χ1n) is 5.93. The number of sulfonamides is 1. The van der Waals surface area contributed by atoms with E-state index in [9.17, 15) is 13.2 Å². The van der Waals surface area contributed by atoms with Crippen LogP contribution in [-0.2, 0) is 14.8 Å². The molecule has 0 fully saturated rings. The highest BCUT2D eigenvalue weighted by atomic mass is 35.5. The van der Waals surface area contributed by atoms with Gasteiger partial charge in [-0.05, 0) is 31.2 Å². The predicted molar refractivity (Wildman–Crippen MR) is 76.8 cm³/mol. The minimum absolute atomic E-state index is 0.103. The van der Waals surface area contributed by atoms with Crippen LogP contribution in [-0.4, -0.2) is 31.2 Å². The van der Waals surface area contributed by atoms with Crippen LogP contribution in [0.1, 0.15) is 17.4 Å². The number of H-pyrrole nitrogens is 1. The van der Waals surface area contributed by atoms with Gasteiger partial charge in [0, 0.05) is 16.8 Å². The van der Waals surface area contributed by atoms with Gasteiger partial charge in [-0.25, -0.2) is 4.79 Å². The SMILES string of the molecule is CCOC(=O)c1cc(S(=O)(=O)Nc2ccc(Cl)cc2)[nH]n1. The Morgan fingerprint density at radius 3 is 2.67 bits per heavy atom. The zero-order valence-electron chi connectivity index (χ0n) is 11.0. The van der Waals surface area contributed by atoms with E-state index in [1.807, 2.05) is 0 Å². The lowest BCUT2D eigenvalue weighted by atomic mass is 10.3. The number of nitrogens with zero attached hydrogens (tertiary/aromatic N) is 1. The minimum Gasteiger partial charge on any atom is -0.461 e. The zero-order valence-corrected chi connectivity index (χ0v) is 12.5. The lowest BCUT2D eigenvalue weighted by molar-refractivity contribution is 0.0519. The molecule has 0 saturated heterocycles. The maximum Gasteiger partial charge on any atom is 0.358 e. The molecule has 2 rings (SSSR count). The number of nitrogens with one attached hydrogen (secondary N) is 2. The Morgan fingerprint density at radius 1 is 1.38 bits per heavy atom. The molecule has 1 aromatic carbocycles. The molecule has 0 saturated carbocycles. The van der Waals surface area contributed by atoms with Gasteiger partial charge in [-0.2, -0.15) is 13.5 Å². The van der Waals surface area contributed by atoms with E-state index in [4.69, 9.17) is 16.3 Å². The molecular weight excluding hydrogens is 318 g/mol. The lowest BCUT2D eigenvalue weighted by Gasteiger charge is -2.05. The van der Waals surface area contributed by atoms with Crippen molar-refractivity contribution in [1.29, 1.82) is 0 Å². The molecule has 2 N–H and O–H groups in total. The van der Waals surface area contributed by atoms with E-state index in [1.54, 1.807) is 19.1 Å². The van der Waals surface area contributed by atoms with Crippen LogP contribution in [0.25, 0.3) is 0 Å². The van der Waals surface area contributed by atoms with Crippen molar-refractivity contribution in [3.63, 3.8) is 0 Å². The van der Waals surface area contributed by atoms with Gasteiger partial charge < -0.3 is 4.74 Å². The number of ether oxygens (including phenoxy) is 1. The molecule has 0 aliphatic rings. The second kappa shape index (κ2) is 6.15. The Kier molecular flexibility index (Phi) is 4.49. The van der Waals surface area contributed by atoms with Crippen molar-refractivity contribution in [2.24, 2.45) is 0 Å². The molecule has 0 atom stereocenters. The van der Waals surface area contributed by atoms with E-state index in [2.05, 4.69) is 14.9 Å². The third-order valence-corrected chi connectivity index (χ3v) is 3.97. The summed E-state index contributed by atoms with van der Waals surface area (Å²) >= 11 is 5.72. The average molecular weight is 330 g/mol. The van der Waals surface area contributed by atoms with Crippen LogP contribution in [0.2, 0.25) is 5.02 Å². The Balaban J connectivity index is 2.20. The summed E-state index contributed by atoms with van der Waals surface area (Å²) in [5.74, 6) is -0.693. The number of hydrogen-bond acceptors (Lipinski definition) is 5. The van der Waals surface area contributed by atoms with Crippen molar-refractivity contribution in [2.45, 2.75) is 11.9 Å². The van der Waals surface area contributed by atoms with Crippen molar-refractivity contribution in [3.05, 3.63) is 41.0 Å². The molecule has 0 aliphatic heterocycles. The summed E-state index contributed by atoms with van der Waals surface area (Å²) in [4.78, 5) is 11.4. The van der Waals surface area contributed by atoms with Gasteiger partial charge >= 0.3 is 5.97 Å². The second-order valence-electron chi connectivity index (χ2n) is 3.95. The van der Waals surface area contributed by atoms with Gasteiger partial charge in [0.25, 0.3) is 10.0 Å². The van der Waals surface area contributed by atoms with Crippen molar-refractivity contribution >= 4 is 33.3 Å². The fraction of sp³-hybridized carbons (Fsp3) is 0.167. The number of carbonyl (C=O) groups is 1. The summed E-state index contributed by atoms with van der Waals surface area (Å²) in [6, 6.07) is 7.24. The number of aromatic amines is 1. The Bertz CT molecular complexity index is 740. The molecule has 0 bridgehead atoms. The standard InChI is InChI=1S/C12H12ClN3O4S/c1-2-20-12(17)10-7-11(15-14-10)21(18,19)16-9-5-3-8(13)4-6-9/h3-7,16H,2H2,1H3,(H,14,15). The van der Waals surface area contributed by atoms with E-state index >= 15 is 0 Å². The van der Waals surface area contributed by atoms with Gasteiger partial charge in [-0.15, -0.1) is 0 Å². The van der Waals surface area contributed by atoms with Gasteiger partial charge in [0.05, 0.1) is 6.61 Å². The smallest absolute Gasteiger partial charge is 0.358 e. The van der Waals surface area contributed by atoms with E-state index in [-0.39, 0.29) is 17.3 Å². The topological polar surface area (TPSA) is 101 Å². The van der Waals surface area contributed by atoms with Crippen molar-refractivity contribution in [3.8, 4) is 0 Å². The van der Waals surface area contributed by atoms with E-state index in [0.717, 1.165) is 6.07 Å². The Hall–Kier alpha value is -2.06. The summed E-state index contributed by atoms with van der Waals surface area (Å²) in [6.45, 7) is 1.82. The first kappa shape index (κ1) is 15.3. The molecule has 0 radical (unpaired) electrons. The summed E-state index contributed by atoms with van der Waals surface area (Å²) < 4.78 is 31.3. The average Bonchev–Trinajstić information content (AvgIpc) is 2.92. The van der Waals surface area contributed by atoms with Crippen LogP contribution in [0.4, 0.5) is 5.69 Å². The number of esters is 1. The summed E-state index contributed by atoms with van der Waals surface area (Å²) in [7, 11) is -3.87. The highest BCUT2D eigenvalue weighted by molar-refractivity contribution is 7.92. The molecule has 0 aliphatic carbocycles. The molecule has 0 spiro atoms. The fourth-order valence-electron chi connectivity index (χ4n) is 1.48. The molecule has 1 aromatic heterocycles. The quantitative estimate of drug-likeness (QED) is 0.817. The molecule has 1 heterocycles. The molecule has 112 valence electrons. The first-order valence-corrected chi connectivity index (χ1v) is 7.79. The van der Waals surface area contributed by atoms with Gasteiger partial charge in [-0.1, -0.05) is 11.6 Å². The second-order valence-corrected chi connectivity index (χ2v) is 6.04. The number of carbonyl (C=O) groups excluding carboxylic acids is 1. The van der Waals surface area contributed by atoms with Crippen LogP contribution >= 0.6 is 11.6 Å². The first-order chi connectivity index (χ1) is 9.92. The van der Waals surface area contributed by atoms with E-state index in [0.29, 0.717) is 10.7 Å². The molecule has 0 unspecified atom stereocenters. The number of benzene rings is 1. The minimum atomic E-state index is -3.87. The van der Waals surface area contributed by atoms with Crippen molar-refractivity contribution in [1.82, 2.24) is 10.2 Å². The maximum absolute atomic E-state index is 12.1. The van der Waals surface area contributed by atoms with Crippen LogP contribution in [0, 0.1) is 0 Å². The third kappa shape index (κ3) is 3.73. The van der Waals surface area contributed by atoms with Crippen LogP contribution in [0.15, 0.2) is 35.4 Å².